The molecule has 0 aliphatic carbocycles. The van der Waals surface area contributed by atoms with Crippen molar-refractivity contribution in [3.63, 3.8) is 0 Å². The van der Waals surface area contributed by atoms with Gasteiger partial charge in [0.1, 0.15) is 19.3 Å². The summed E-state index contributed by atoms with van der Waals surface area (Å²) in [5.74, 6) is -0.656. The molecule has 0 aromatic rings. The fourth-order valence-corrected chi connectivity index (χ4v) is 12.3. The van der Waals surface area contributed by atoms with Crippen molar-refractivity contribution in [1.29, 1.82) is 0 Å². The Morgan fingerprint density at radius 3 is 0.756 bits per heavy atom. The summed E-state index contributed by atoms with van der Waals surface area (Å²) in [6, 6.07) is 0. The van der Waals surface area contributed by atoms with E-state index in [1.54, 1.807) is 0 Å². The SMILES string of the molecule is CCCCCCCCCCCCCCCCCCCCCCCC(=O)O[C@H](COC(=O)CCCCCCCCCCCC(C)C)COP(=O)(O)OC[C@@H](O)COP(=O)(O)OC[C@@H](COC(=O)CCCCCCC)OC(=O)CCCCCCCCCCCC(C)C. The van der Waals surface area contributed by atoms with Crippen LogP contribution in [0, 0.1) is 11.8 Å². The van der Waals surface area contributed by atoms with Gasteiger partial charge in [0.15, 0.2) is 12.2 Å². The third-order valence-electron chi connectivity index (χ3n) is 16.5. The van der Waals surface area contributed by atoms with Crippen LogP contribution in [-0.2, 0) is 65.4 Å². The van der Waals surface area contributed by atoms with E-state index in [-0.39, 0.29) is 25.7 Å². The van der Waals surface area contributed by atoms with Crippen LogP contribution in [0.25, 0.3) is 0 Å². The zero-order chi connectivity index (χ0) is 66.5. The van der Waals surface area contributed by atoms with E-state index in [1.807, 2.05) is 0 Å². The number of aliphatic hydroxyl groups is 1. The van der Waals surface area contributed by atoms with Crippen LogP contribution < -0.4 is 0 Å². The van der Waals surface area contributed by atoms with Gasteiger partial charge in [0, 0.05) is 25.7 Å². The lowest BCUT2D eigenvalue weighted by atomic mass is 10.0. The number of carbonyl (C=O) groups is 4. The zero-order valence-electron chi connectivity index (χ0n) is 58.4. The van der Waals surface area contributed by atoms with Gasteiger partial charge in [0.2, 0.25) is 0 Å². The molecule has 0 saturated carbocycles. The number of ether oxygens (including phenoxy) is 4. The topological polar surface area (TPSA) is 237 Å². The Balaban J connectivity index is 5.10. The number of carbonyl (C=O) groups excluding carboxylic acids is 4. The van der Waals surface area contributed by atoms with Crippen molar-refractivity contribution in [3.05, 3.63) is 0 Å². The van der Waals surface area contributed by atoms with Gasteiger partial charge in [-0.1, -0.05) is 311 Å². The van der Waals surface area contributed by atoms with Crippen molar-refractivity contribution < 1.29 is 80.2 Å². The first kappa shape index (κ1) is 88.1. The standard InChI is InChI=1S/C71H138O17P2/c1-7-9-11-13-14-15-16-17-18-19-20-21-22-23-24-25-26-31-37-43-49-55-70(75)88-67(60-82-69(74)54-48-42-36-32-27-29-34-40-45-51-63(3)4)62-86-90(79,80)84-58-65(72)57-83-89(77,78)85-61-66(59-81-68(73)53-47-39-12-10-8-2)87-71(76)56-50-44-38-33-28-30-35-41-46-52-64(5)6/h63-67,72H,7-62H2,1-6H3,(H,77,78)(H,79,80)/t65-,66+,67+/m0/s1. The van der Waals surface area contributed by atoms with Gasteiger partial charge in [0.25, 0.3) is 0 Å². The predicted molar refractivity (Wildman–Crippen MR) is 363 cm³/mol. The number of phosphoric ester groups is 2. The average Bonchev–Trinajstić information content (AvgIpc) is 3.54. The molecule has 0 fully saturated rings. The highest BCUT2D eigenvalue weighted by Crippen LogP contribution is 2.45. The molecule has 0 heterocycles. The van der Waals surface area contributed by atoms with Crippen molar-refractivity contribution >= 4 is 39.5 Å². The molecule has 17 nitrogen and oxygen atoms in total. The number of aliphatic hydroxyl groups excluding tert-OH is 1. The Kier molecular flexibility index (Phi) is 61.8. The van der Waals surface area contributed by atoms with Gasteiger partial charge < -0.3 is 33.8 Å². The zero-order valence-corrected chi connectivity index (χ0v) is 60.2. The van der Waals surface area contributed by atoms with Crippen LogP contribution in [-0.4, -0.2) is 96.7 Å². The highest BCUT2D eigenvalue weighted by molar-refractivity contribution is 7.47. The number of unbranched alkanes of at least 4 members (excludes halogenated alkanes) is 40. The van der Waals surface area contributed by atoms with Crippen molar-refractivity contribution in [2.75, 3.05) is 39.6 Å². The second-order valence-corrected chi connectivity index (χ2v) is 29.5. The van der Waals surface area contributed by atoms with Gasteiger partial charge in [0.05, 0.1) is 26.4 Å². The van der Waals surface area contributed by atoms with Crippen LogP contribution in [0.4, 0.5) is 0 Å². The molecule has 0 aliphatic rings. The Labute approximate surface area is 549 Å². The summed E-state index contributed by atoms with van der Waals surface area (Å²) in [4.78, 5) is 72.3. The third kappa shape index (κ3) is 64.8. The van der Waals surface area contributed by atoms with Crippen molar-refractivity contribution in [2.24, 2.45) is 11.8 Å². The van der Waals surface area contributed by atoms with E-state index in [0.717, 1.165) is 108 Å². The van der Waals surface area contributed by atoms with Crippen molar-refractivity contribution in [1.82, 2.24) is 0 Å². The van der Waals surface area contributed by atoms with Crippen LogP contribution in [0.5, 0.6) is 0 Å². The van der Waals surface area contributed by atoms with E-state index in [9.17, 15) is 43.2 Å². The molecule has 0 aromatic heterocycles. The molecule has 0 saturated heterocycles. The number of phosphoric acid groups is 2. The molecular formula is C71H138O17P2. The fraction of sp³-hybridized carbons (Fsp3) is 0.944. The quantitative estimate of drug-likeness (QED) is 0.0222. The van der Waals surface area contributed by atoms with E-state index in [2.05, 4.69) is 41.5 Å². The first-order chi connectivity index (χ1) is 43.4. The summed E-state index contributed by atoms with van der Waals surface area (Å²) in [7, 11) is -9.89. The molecule has 0 aromatic carbocycles. The third-order valence-corrected chi connectivity index (χ3v) is 18.4. The van der Waals surface area contributed by atoms with Crippen LogP contribution in [0.15, 0.2) is 0 Å². The molecule has 0 radical (unpaired) electrons. The molecular weight excluding hydrogens is 1190 g/mol. The van der Waals surface area contributed by atoms with E-state index in [1.165, 1.54) is 173 Å². The maximum absolute atomic E-state index is 13.0. The van der Waals surface area contributed by atoms with Crippen molar-refractivity contribution in [2.45, 2.75) is 381 Å². The summed E-state index contributed by atoms with van der Waals surface area (Å²) >= 11 is 0. The maximum Gasteiger partial charge on any atom is 0.472 e. The van der Waals surface area contributed by atoms with Crippen molar-refractivity contribution in [3.8, 4) is 0 Å². The molecule has 2 unspecified atom stereocenters. The molecule has 534 valence electrons. The molecule has 3 N–H and O–H groups in total. The average molecular weight is 1330 g/mol. The van der Waals surface area contributed by atoms with Gasteiger partial charge in [-0.3, -0.25) is 37.3 Å². The van der Waals surface area contributed by atoms with Crippen LogP contribution in [0.2, 0.25) is 0 Å². The Hall–Kier alpha value is -1.94. The minimum Gasteiger partial charge on any atom is -0.462 e. The Morgan fingerprint density at radius 1 is 0.300 bits per heavy atom. The first-order valence-electron chi connectivity index (χ1n) is 37.0. The van der Waals surface area contributed by atoms with Gasteiger partial charge in [-0.15, -0.1) is 0 Å². The second-order valence-electron chi connectivity index (χ2n) is 26.6. The van der Waals surface area contributed by atoms with Gasteiger partial charge in [-0.25, -0.2) is 9.13 Å². The van der Waals surface area contributed by atoms with E-state index >= 15 is 0 Å². The lowest BCUT2D eigenvalue weighted by molar-refractivity contribution is -0.161. The van der Waals surface area contributed by atoms with E-state index in [0.29, 0.717) is 25.7 Å². The molecule has 5 atom stereocenters. The molecule has 0 aliphatic heterocycles. The summed E-state index contributed by atoms with van der Waals surface area (Å²) in [5.41, 5.74) is 0. The number of esters is 4. The smallest absolute Gasteiger partial charge is 0.462 e. The van der Waals surface area contributed by atoms with Gasteiger partial charge >= 0.3 is 39.5 Å². The summed E-state index contributed by atoms with van der Waals surface area (Å²) < 4.78 is 68.1. The first-order valence-corrected chi connectivity index (χ1v) is 40.0. The lowest BCUT2D eigenvalue weighted by Gasteiger charge is -2.21. The highest BCUT2D eigenvalue weighted by atomic mass is 31.2. The van der Waals surface area contributed by atoms with E-state index < -0.39 is 97.5 Å². The minimum atomic E-state index is -4.95. The lowest BCUT2D eigenvalue weighted by Crippen LogP contribution is -2.30. The van der Waals surface area contributed by atoms with Crippen LogP contribution in [0.1, 0.15) is 363 Å². The van der Waals surface area contributed by atoms with Crippen LogP contribution >= 0.6 is 15.6 Å². The van der Waals surface area contributed by atoms with Gasteiger partial charge in [-0.05, 0) is 37.5 Å². The van der Waals surface area contributed by atoms with Crippen LogP contribution in [0.3, 0.4) is 0 Å². The number of rotatable bonds is 70. The monoisotopic (exact) mass is 1320 g/mol. The highest BCUT2D eigenvalue weighted by Gasteiger charge is 2.30. The molecule has 0 amide bonds. The fourth-order valence-electron chi connectivity index (χ4n) is 10.8. The second kappa shape index (κ2) is 63.1. The number of hydrogen-bond acceptors (Lipinski definition) is 15. The van der Waals surface area contributed by atoms with Gasteiger partial charge in [-0.2, -0.15) is 0 Å². The minimum absolute atomic E-state index is 0.104. The summed E-state index contributed by atoms with van der Waals surface area (Å²) in [6.45, 7) is 9.42. The molecule has 0 rings (SSSR count). The molecule has 19 heteroatoms. The number of hydrogen-bond donors (Lipinski definition) is 3. The Morgan fingerprint density at radius 2 is 0.511 bits per heavy atom. The molecule has 0 bridgehead atoms. The predicted octanol–water partition coefficient (Wildman–Crippen LogP) is 20.4. The Bertz CT molecular complexity index is 1750. The van der Waals surface area contributed by atoms with E-state index in [4.69, 9.17) is 37.0 Å². The molecule has 0 spiro atoms. The largest absolute Gasteiger partial charge is 0.472 e. The maximum atomic E-state index is 13.0. The molecule has 90 heavy (non-hydrogen) atoms. The summed E-state index contributed by atoms with van der Waals surface area (Å²) in [6.07, 6.45) is 49.2. The normalized spacial score (nSPS) is 14.1. The summed E-state index contributed by atoms with van der Waals surface area (Å²) in [5, 5.41) is 10.6.